The van der Waals surface area contributed by atoms with Crippen molar-refractivity contribution in [3.05, 3.63) is 35.2 Å². The third kappa shape index (κ3) is 5.19. The number of allylic oxidation sites excluding steroid dienone is 2. The summed E-state index contributed by atoms with van der Waals surface area (Å²) in [6, 6.07) is 1.69. The molecule has 182 valence electrons. The van der Waals surface area contributed by atoms with Gasteiger partial charge in [0.15, 0.2) is 0 Å². The maximum Gasteiger partial charge on any atom is 0.419 e. The number of piperidine rings is 1. The highest BCUT2D eigenvalue weighted by atomic mass is 19.4. The zero-order valence-electron chi connectivity index (χ0n) is 19.5. The van der Waals surface area contributed by atoms with Crippen LogP contribution in [-0.2, 0) is 10.9 Å². The molecule has 3 aliphatic rings. The van der Waals surface area contributed by atoms with Crippen molar-refractivity contribution in [2.75, 3.05) is 25.9 Å². The van der Waals surface area contributed by atoms with E-state index in [9.17, 15) is 13.2 Å². The van der Waals surface area contributed by atoms with Crippen LogP contribution in [0.2, 0.25) is 0 Å². The van der Waals surface area contributed by atoms with Gasteiger partial charge < -0.3 is 26.1 Å². The van der Waals surface area contributed by atoms with Gasteiger partial charge in [0.05, 0.1) is 17.4 Å². The Balaban J connectivity index is 1.45. The quantitative estimate of drug-likeness (QED) is 0.529. The number of ether oxygens (including phenoxy) is 1. The molecule has 4 atom stereocenters. The average Bonchev–Trinajstić information content (AvgIpc) is 3.25. The lowest BCUT2D eigenvalue weighted by atomic mass is 9.98. The summed E-state index contributed by atoms with van der Waals surface area (Å²) in [6.07, 6.45) is 3.14. The molecule has 0 aromatic carbocycles. The molecule has 33 heavy (non-hydrogen) atoms. The number of fused-ring (bicyclic) bond motifs is 1. The van der Waals surface area contributed by atoms with Gasteiger partial charge in [0.1, 0.15) is 5.82 Å². The van der Waals surface area contributed by atoms with Crippen LogP contribution in [-0.4, -0.2) is 54.0 Å². The van der Waals surface area contributed by atoms with Gasteiger partial charge in [-0.3, -0.25) is 0 Å². The molecule has 4 N–H and O–H groups in total. The average molecular weight is 466 g/mol. The van der Waals surface area contributed by atoms with Crippen molar-refractivity contribution in [3.63, 3.8) is 0 Å². The largest absolute Gasteiger partial charge is 0.419 e. The number of alkyl halides is 3. The highest BCUT2D eigenvalue weighted by molar-refractivity contribution is 6.07. The number of nitrogen functional groups attached to an aromatic ring is 1. The Morgan fingerprint density at radius 3 is 2.45 bits per heavy atom. The number of methoxy groups -OCH3 is 1. The van der Waals surface area contributed by atoms with E-state index in [0.717, 1.165) is 50.5 Å². The van der Waals surface area contributed by atoms with Crippen molar-refractivity contribution in [3.8, 4) is 0 Å². The molecule has 1 aliphatic heterocycles. The number of pyridine rings is 1. The first-order valence-corrected chi connectivity index (χ1v) is 11.7. The summed E-state index contributed by atoms with van der Waals surface area (Å²) in [6.45, 7) is 6.23. The van der Waals surface area contributed by atoms with E-state index >= 15 is 0 Å². The van der Waals surface area contributed by atoms with E-state index in [4.69, 9.17) is 15.9 Å². The number of anilines is 1. The van der Waals surface area contributed by atoms with E-state index in [1.807, 2.05) is 13.8 Å². The molecule has 1 saturated heterocycles. The number of rotatable bonds is 7. The van der Waals surface area contributed by atoms with E-state index in [2.05, 4.69) is 15.2 Å². The minimum Gasteiger partial charge on any atom is -0.386 e. The molecule has 3 fully saturated rings. The van der Waals surface area contributed by atoms with Crippen molar-refractivity contribution in [2.45, 2.75) is 63.9 Å². The van der Waals surface area contributed by atoms with Gasteiger partial charge in [-0.15, -0.1) is 0 Å². The first kappa shape index (κ1) is 24.0. The van der Waals surface area contributed by atoms with Crippen LogP contribution >= 0.6 is 0 Å². The molecule has 9 heteroatoms. The molecule has 0 spiro atoms. The minimum atomic E-state index is -4.60. The molecule has 4 rings (SSSR count). The van der Waals surface area contributed by atoms with Gasteiger partial charge in [0, 0.05) is 55.7 Å². The molecule has 0 amide bonds. The Hall–Kier alpha value is -2.13. The lowest BCUT2D eigenvalue weighted by Crippen LogP contribution is -2.43. The van der Waals surface area contributed by atoms with Gasteiger partial charge in [-0.1, -0.05) is 0 Å². The smallest absolute Gasteiger partial charge is 0.386 e. The fourth-order valence-corrected chi connectivity index (χ4v) is 5.70. The first-order valence-electron chi connectivity index (χ1n) is 11.7. The van der Waals surface area contributed by atoms with E-state index in [1.165, 1.54) is 6.20 Å². The Morgan fingerprint density at radius 2 is 1.91 bits per heavy atom. The van der Waals surface area contributed by atoms with Crippen LogP contribution in [0, 0.1) is 23.2 Å². The number of nitrogens with zero attached hydrogens (tertiary/aromatic N) is 2. The van der Waals surface area contributed by atoms with E-state index in [0.29, 0.717) is 29.9 Å². The fourth-order valence-electron chi connectivity index (χ4n) is 5.70. The minimum absolute atomic E-state index is 0.0133. The van der Waals surface area contributed by atoms with Crippen molar-refractivity contribution in [1.29, 1.82) is 5.41 Å². The molecule has 0 bridgehead atoms. The second-order valence-corrected chi connectivity index (χ2v) is 9.92. The molecule has 2 saturated carbocycles. The first-order chi connectivity index (χ1) is 15.6. The van der Waals surface area contributed by atoms with E-state index in [-0.39, 0.29) is 17.3 Å². The summed E-state index contributed by atoms with van der Waals surface area (Å²) >= 11 is 0. The number of nitrogens with one attached hydrogen (secondary N) is 2. The summed E-state index contributed by atoms with van der Waals surface area (Å²) in [5, 5.41) is 11.9. The lowest BCUT2D eigenvalue weighted by Gasteiger charge is -2.36. The molecule has 2 aliphatic carbocycles. The number of nitrogens with two attached hydrogens (primary N) is 1. The predicted molar refractivity (Wildman–Crippen MR) is 122 cm³/mol. The molecule has 0 radical (unpaired) electrons. The van der Waals surface area contributed by atoms with Crippen molar-refractivity contribution < 1.29 is 17.9 Å². The van der Waals surface area contributed by atoms with Crippen LogP contribution in [0.25, 0.3) is 0 Å². The maximum absolute atomic E-state index is 13.2. The SMILES string of the molecule is COC1CCN([C@H]2C[C@@H]3[C@H](C2)[C@H]3/C(=C/C(=N)c2cnc(N)c(C(F)(F)F)c2)NC(C)C)CC1. The zero-order valence-corrected chi connectivity index (χ0v) is 19.5. The molecule has 6 nitrogen and oxygen atoms in total. The van der Waals surface area contributed by atoms with Gasteiger partial charge in [-0.2, -0.15) is 13.2 Å². The van der Waals surface area contributed by atoms with Crippen LogP contribution < -0.4 is 11.1 Å². The maximum atomic E-state index is 13.2. The number of halogens is 3. The van der Waals surface area contributed by atoms with Gasteiger partial charge in [0.25, 0.3) is 0 Å². The topological polar surface area (TPSA) is 87.3 Å². The van der Waals surface area contributed by atoms with Crippen molar-refractivity contribution in [2.24, 2.45) is 17.8 Å². The van der Waals surface area contributed by atoms with E-state index < -0.39 is 17.6 Å². The third-order valence-corrected chi connectivity index (χ3v) is 7.40. The molecule has 2 heterocycles. The van der Waals surface area contributed by atoms with E-state index in [1.54, 1.807) is 13.2 Å². The van der Waals surface area contributed by atoms with Crippen LogP contribution in [0.1, 0.15) is 50.7 Å². The number of likely N-dealkylation sites (tertiary alicyclic amines) is 1. The lowest BCUT2D eigenvalue weighted by molar-refractivity contribution is -0.137. The summed E-state index contributed by atoms with van der Waals surface area (Å²) in [7, 11) is 1.78. The molecule has 1 aromatic heterocycles. The molecule has 0 unspecified atom stereocenters. The number of hydrogen-bond acceptors (Lipinski definition) is 6. The van der Waals surface area contributed by atoms with Crippen LogP contribution in [0.5, 0.6) is 0 Å². The second kappa shape index (κ2) is 9.25. The highest BCUT2D eigenvalue weighted by Gasteiger charge is 2.58. The van der Waals surface area contributed by atoms with Crippen LogP contribution in [0.15, 0.2) is 24.0 Å². The summed E-state index contributed by atoms with van der Waals surface area (Å²) < 4.78 is 45.2. The Bertz CT molecular complexity index is 896. The Kier molecular flexibility index (Phi) is 6.73. The molecular weight excluding hydrogens is 431 g/mol. The predicted octanol–water partition coefficient (Wildman–Crippen LogP) is 4.07. The monoisotopic (exact) mass is 465 g/mol. The van der Waals surface area contributed by atoms with Crippen LogP contribution in [0.4, 0.5) is 19.0 Å². The summed E-state index contributed by atoms with van der Waals surface area (Å²) in [5.74, 6) is 0.900. The van der Waals surface area contributed by atoms with Crippen molar-refractivity contribution in [1.82, 2.24) is 15.2 Å². The second-order valence-electron chi connectivity index (χ2n) is 9.92. The normalized spacial score (nSPS) is 28.8. The Morgan fingerprint density at radius 1 is 1.27 bits per heavy atom. The van der Waals surface area contributed by atoms with Crippen LogP contribution in [0.3, 0.4) is 0 Å². The van der Waals surface area contributed by atoms with Gasteiger partial charge in [-0.05, 0) is 63.5 Å². The summed E-state index contributed by atoms with van der Waals surface area (Å²) in [4.78, 5) is 6.27. The fraction of sp³-hybridized carbons (Fsp3) is 0.667. The molecular formula is C24H34F3N5O. The Labute approximate surface area is 193 Å². The summed E-state index contributed by atoms with van der Waals surface area (Å²) in [5.41, 5.74) is 5.49. The van der Waals surface area contributed by atoms with Gasteiger partial charge >= 0.3 is 6.18 Å². The number of aromatic nitrogens is 1. The zero-order chi connectivity index (χ0) is 23.9. The standard InChI is InChI=1S/C24H34F3N5O/c1-13(2)31-21(11-20(28)14-8-19(24(25,26)27)23(29)30-12-14)22-17-9-15(10-18(17)22)32-6-4-16(33-3)5-7-32/h8,11-13,15-18,22,28,31H,4-7,9-10H2,1-3H3,(H2,29,30)/b21-11-,28-20?/t15-,17+,18-,22-. The highest BCUT2D eigenvalue weighted by Crippen LogP contribution is 2.61. The number of hydrogen-bond donors (Lipinski definition) is 3. The molecule has 1 aromatic rings. The third-order valence-electron chi connectivity index (χ3n) is 7.40. The van der Waals surface area contributed by atoms with Gasteiger partial charge in [-0.25, -0.2) is 4.98 Å². The van der Waals surface area contributed by atoms with Crippen molar-refractivity contribution >= 4 is 11.5 Å². The van der Waals surface area contributed by atoms with Gasteiger partial charge in [0.2, 0.25) is 0 Å².